The van der Waals surface area contributed by atoms with Crippen molar-refractivity contribution in [2.24, 2.45) is 0 Å². The Hall–Kier alpha value is -1.78. The van der Waals surface area contributed by atoms with E-state index in [1.165, 1.54) is 12.1 Å². The number of halogens is 3. The molecule has 0 radical (unpaired) electrons. The molecule has 0 unspecified atom stereocenters. The molecule has 0 aliphatic rings. The van der Waals surface area contributed by atoms with Gasteiger partial charge in [0.1, 0.15) is 0 Å². The molecular formula is C12H11F3O2. The van der Waals surface area contributed by atoms with Crippen molar-refractivity contribution in [1.82, 2.24) is 0 Å². The molecule has 92 valence electrons. The molecule has 0 spiro atoms. The van der Waals surface area contributed by atoms with Gasteiger partial charge in [-0.15, -0.1) is 0 Å². The summed E-state index contributed by atoms with van der Waals surface area (Å²) >= 11 is 0. The Labute approximate surface area is 96.4 Å². The predicted molar refractivity (Wildman–Crippen MR) is 57.3 cm³/mol. The van der Waals surface area contributed by atoms with E-state index in [1.54, 1.807) is 12.2 Å². The highest BCUT2D eigenvalue weighted by atomic mass is 19.4. The number of aliphatic carboxylic acids is 1. The second kappa shape index (κ2) is 5.52. The number of carboxylic acid groups (broad SMARTS) is 1. The molecule has 1 N–H and O–H groups in total. The van der Waals surface area contributed by atoms with Crippen LogP contribution in [0.1, 0.15) is 24.0 Å². The van der Waals surface area contributed by atoms with E-state index in [9.17, 15) is 18.0 Å². The number of carboxylic acids is 1. The third-order valence-electron chi connectivity index (χ3n) is 2.07. The van der Waals surface area contributed by atoms with Crippen molar-refractivity contribution in [3.63, 3.8) is 0 Å². The smallest absolute Gasteiger partial charge is 0.416 e. The fourth-order valence-electron chi connectivity index (χ4n) is 1.21. The molecule has 0 saturated carbocycles. The second-order valence-electron chi connectivity index (χ2n) is 3.45. The Balaban J connectivity index is 2.60. The molecule has 1 aromatic rings. The molecule has 0 bridgehead atoms. The van der Waals surface area contributed by atoms with Crippen molar-refractivity contribution in [3.05, 3.63) is 41.5 Å². The SMILES string of the molecule is O=C(O)CCC=Cc1ccc(C(F)(F)F)cc1. The number of alkyl halides is 3. The summed E-state index contributed by atoms with van der Waals surface area (Å²) < 4.78 is 36.7. The number of hydrogen-bond donors (Lipinski definition) is 1. The van der Waals surface area contributed by atoms with Gasteiger partial charge >= 0.3 is 12.1 Å². The molecular weight excluding hydrogens is 233 g/mol. The molecule has 0 amide bonds. The van der Waals surface area contributed by atoms with E-state index in [0.717, 1.165) is 12.1 Å². The fraction of sp³-hybridized carbons (Fsp3) is 0.250. The Morgan fingerprint density at radius 1 is 1.24 bits per heavy atom. The Morgan fingerprint density at radius 2 is 1.82 bits per heavy atom. The Morgan fingerprint density at radius 3 is 2.29 bits per heavy atom. The maximum Gasteiger partial charge on any atom is 0.416 e. The molecule has 1 rings (SSSR count). The lowest BCUT2D eigenvalue weighted by Crippen LogP contribution is -2.03. The van der Waals surface area contributed by atoms with Crippen LogP contribution in [0.5, 0.6) is 0 Å². The minimum atomic E-state index is -4.33. The van der Waals surface area contributed by atoms with Gasteiger partial charge in [0.05, 0.1) is 5.56 Å². The topological polar surface area (TPSA) is 37.3 Å². The van der Waals surface area contributed by atoms with Crippen molar-refractivity contribution in [2.45, 2.75) is 19.0 Å². The first kappa shape index (κ1) is 13.3. The van der Waals surface area contributed by atoms with E-state index < -0.39 is 17.7 Å². The van der Waals surface area contributed by atoms with Crippen molar-refractivity contribution in [1.29, 1.82) is 0 Å². The van der Waals surface area contributed by atoms with Crippen LogP contribution in [0.4, 0.5) is 13.2 Å². The molecule has 1 aromatic carbocycles. The summed E-state index contributed by atoms with van der Waals surface area (Å²) in [4.78, 5) is 10.2. The van der Waals surface area contributed by atoms with E-state index in [4.69, 9.17) is 5.11 Å². The minimum absolute atomic E-state index is 0.0110. The van der Waals surface area contributed by atoms with E-state index >= 15 is 0 Å². The average molecular weight is 244 g/mol. The van der Waals surface area contributed by atoms with Crippen molar-refractivity contribution in [2.75, 3.05) is 0 Å². The van der Waals surface area contributed by atoms with Crippen LogP contribution >= 0.6 is 0 Å². The van der Waals surface area contributed by atoms with Gasteiger partial charge in [-0.05, 0) is 24.1 Å². The molecule has 5 heteroatoms. The molecule has 0 atom stereocenters. The second-order valence-corrected chi connectivity index (χ2v) is 3.45. The highest BCUT2D eigenvalue weighted by Gasteiger charge is 2.29. The third-order valence-corrected chi connectivity index (χ3v) is 2.07. The molecule has 0 fully saturated rings. The normalized spacial score (nSPS) is 11.9. The van der Waals surface area contributed by atoms with Gasteiger partial charge in [-0.25, -0.2) is 0 Å². The predicted octanol–water partition coefficient (Wildman–Crippen LogP) is 3.58. The van der Waals surface area contributed by atoms with Gasteiger partial charge in [0, 0.05) is 6.42 Å². The van der Waals surface area contributed by atoms with Gasteiger partial charge in [0.25, 0.3) is 0 Å². The maximum absolute atomic E-state index is 12.2. The Kier molecular flexibility index (Phi) is 4.31. The third kappa shape index (κ3) is 4.72. The van der Waals surface area contributed by atoms with Crippen LogP contribution in [-0.4, -0.2) is 11.1 Å². The summed E-state index contributed by atoms with van der Waals surface area (Å²) in [5.41, 5.74) is -0.0800. The first-order valence-corrected chi connectivity index (χ1v) is 4.95. The lowest BCUT2D eigenvalue weighted by atomic mass is 10.1. The standard InChI is InChI=1S/C12H11F3O2/c13-12(14,15)10-7-5-9(6-8-10)3-1-2-4-11(16)17/h1,3,5-8H,2,4H2,(H,16,17). The number of hydrogen-bond acceptors (Lipinski definition) is 1. The first-order valence-electron chi connectivity index (χ1n) is 4.95. The molecule has 17 heavy (non-hydrogen) atoms. The van der Waals surface area contributed by atoms with Crippen LogP contribution in [0.3, 0.4) is 0 Å². The molecule has 0 heterocycles. The summed E-state index contributed by atoms with van der Waals surface area (Å²) in [6.45, 7) is 0. The largest absolute Gasteiger partial charge is 0.481 e. The lowest BCUT2D eigenvalue weighted by molar-refractivity contribution is -0.138. The number of benzene rings is 1. The van der Waals surface area contributed by atoms with Crippen molar-refractivity contribution in [3.8, 4) is 0 Å². The van der Waals surface area contributed by atoms with E-state index in [-0.39, 0.29) is 6.42 Å². The summed E-state index contributed by atoms with van der Waals surface area (Å²) in [5, 5.41) is 8.38. The summed E-state index contributed by atoms with van der Waals surface area (Å²) in [6, 6.07) is 4.69. The van der Waals surface area contributed by atoms with Crippen LogP contribution in [0.25, 0.3) is 6.08 Å². The van der Waals surface area contributed by atoms with Crippen LogP contribution < -0.4 is 0 Å². The number of carbonyl (C=O) groups is 1. The summed E-state index contributed by atoms with van der Waals surface area (Å²) in [7, 11) is 0. The number of rotatable bonds is 4. The molecule has 0 aromatic heterocycles. The highest BCUT2D eigenvalue weighted by Crippen LogP contribution is 2.29. The molecule has 2 nitrogen and oxygen atoms in total. The lowest BCUT2D eigenvalue weighted by Gasteiger charge is -2.05. The van der Waals surface area contributed by atoms with E-state index in [0.29, 0.717) is 12.0 Å². The maximum atomic E-state index is 12.2. The number of allylic oxidation sites excluding steroid dienone is 1. The van der Waals surface area contributed by atoms with Gasteiger partial charge in [0.15, 0.2) is 0 Å². The van der Waals surface area contributed by atoms with Crippen LogP contribution in [0, 0.1) is 0 Å². The van der Waals surface area contributed by atoms with E-state index in [2.05, 4.69) is 0 Å². The van der Waals surface area contributed by atoms with Crippen LogP contribution in [-0.2, 0) is 11.0 Å². The first-order chi connectivity index (χ1) is 7.89. The van der Waals surface area contributed by atoms with Crippen molar-refractivity contribution >= 4 is 12.0 Å². The minimum Gasteiger partial charge on any atom is -0.481 e. The summed E-state index contributed by atoms with van der Waals surface area (Å²) in [5.74, 6) is -0.901. The van der Waals surface area contributed by atoms with Gasteiger partial charge in [0.2, 0.25) is 0 Å². The van der Waals surface area contributed by atoms with Crippen LogP contribution in [0.15, 0.2) is 30.3 Å². The molecule has 0 aliphatic carbocycles. The zero-order chi connectivity index (χ0) is 12.9. The molecule has 0 aliphatic heterocycles. The summed E-state index contributed by atoms with van der Waals surface area (Å²) in [6.07, 6.45) is -0.737. The molecule has 0 saturated heterocycles. The highest BCUT2D eigenvalue weighted by molar-refractivity contribution is 5.67. The van der Waals surface area contributed by atoms with Gasteiger partial charge in [-0.2, -0.15) is 13.2 Å². The van der Waals surface area contributed by atoms with E-state index in [1.807, 2.05) is 0 Å². The van der Waals surface area contributed by atoms with Gasteiger partial charge < -0.3 is 5.11 Å². The monoisotopic (exact) mass is 244 g/mol. The van der Waals surface area contributed by atoms with Crippen LogP contribution in [0.2, 0.25) is 0 Å². The zero-order valence-corrected chi connectivity index (χ0v) is 8.87. The zero-order valence-electron chi connectivity index (χ0n) is 8.87. The van der Waals surface area contributed by atoms with Crippen molar-refractivity contribution < 1.29 is 23.1 Å². The fourth-order valence-corrected chi connectivity index (χ4v) is 1.21. The van der Waals surface area contributed by atoms with Gasteiger partial charge in [-0.3, -0.25) is 4.79 Å². The Bertz CT molecular complexity index is 405. The van der Waals surface area contributed by atoms with Gasteiger partial charge in [-0.1, -0.05) is 24.3 Å². The average Bonchev–Trinajstić information content (AvgIpc) is 2.23. The quantitative estimate of drug-likeness (QED) is 0.878.